The van der Waals surface area contributed by atoms with Crippen molar-refractivity contribution in [3.63, 3.8) is 0 Å². The molecule has 0 fully saturated rings. The number of carbonyl (C=O) groups is 1. The number of nitrogens with zero attached hydrogens (tertiary/aromatic N) is 2. The molecule has 6 nitrogen and oxygen atoms in total. The zero-order valence-electron chi connectivity index (χ0n) is 14.1. The number of anilines is 1. The van der Waals surface area contributed by atoms with Crippen molar-refractivity contribution < 1.29 is 13.7 Å². The third-order valence-electron chi connectivity index (χ3n) is 3.85. The molecule has 0 aliphatic rings. The van der Waals surface area contributed by atoms with Crippen molar-refractivity contribution in [3.8, 4) is 22.7 Å². The van der Waals surface area contributed by atoms with Gasteiger partial charge in [0.25, 0.3) is 5.91 Å². The van der Waals surface area contributed by atoms with E-state index in [1.54, 1.807) is 6.92 Å². The third kappa shape index (κ3) is 3.04. The molecule has 0 aliphatic carbocycles. The SMILES string of the molecule is Cc1ccc(-c2csc(NC(=O)c3c(-c4ccccc4)noc3C)n2)o1. The molecule has 4 rings (SSSR count). The predicted octanol–water partition coefficient (Wildman–Crippen LogP) is 4.93. The highest BCUT2D eigenvalue weighted by molar-refractivity contribution is 7.14. The van der Waals surface area contributed by atoms with Gasteiger partial charge in [0.1, 0.15) is 28.5 Å². The van der Waals surface area contributed by atoms with Crippen LogP contribution in [0.3, 0.4) is 0 Å². The quantitative estimate of drug-likeness (QED) is 0.555. The number of benzene rings is 1. The first-order chi connectivity index (χ1) is 12.6. The molecule has 0 bridgehead atoms. The molecular formula is C19H15N3O3S. The van der Waals surface area contributed by atoms with Gasteiger partial charge in [0.15, 0.2) is 10.9 Å². The number of furan rings is 1. The fourth-order valence-corrected chi connectivity index (χ4v) is 3.30. The maximum atomic E-state index is 12.8. The molecule has 0 saturated heterocycles. The van der Waals surface area contributed by atoms with E-state index in [0.29, 0.717) is 33.6 Å². The number of nitrogens with one attached hydrogen (secondary N) is 1. The Morgan fingerprint density at radius 1 is 1.12 bits per heavy atom. The third-order valence-corrected chi connectivity index (χ3v) is 4.61. The summed E-state index contributed by atoms with van der Waals surface area (Å²) >= 11 is 1.33. The van der Waals surface area contributed by atoms with E-state index in [1.807, 2.05) is 54.8 Å². The highest BCUT2D eigenvalue weighted by atomic mass is 32.1. The highest BCUT2D eigenvalue weighted by Gasteiger charge is 2.22. The summed E-state index contributed by atoms with van der Waals surface area (Å²) in [7, 11) is 0. The van der Waals surface area contributed by atoms with Crippen molar-refractivity contribution in [1.82, 2.24) is 10.1 Å². The molecular weight excluding hydrogens is 350 g/mol. The van der Waals surface area contributed by atoms with Gasteiger partial charge in [-0.25, -0.2) is 4.98 Å². The summed E-state index contributed by atoms with van der Waals surface area (Å²) in [4.78, 5) is 17.2. The van der Waals surface area contributed by atoms with Gasteiger partial charge in [-0.05, 0) is 26.0 Å². The molecule has 3 heterocycles. The number of hydrogen-bond acceptors (Lipinski definition) is 6. The number of aromatic nitrogens is 2. The Hall–Kier alpha value is -3.19. The Labute approximate surface area is 153 Å². The maximum Gasteiger partial charge on any atom is 0.263 e. The lowest BCUT2D eigenvalue weighted by Gasteiger charge is -2.03. The summed E-state index contributed by atoms with van der Waals surface area (Å²) in [6.45, 7) is 3.59. The number of aryl methyl sites for hydroxylation is 2. The first-order valence-electron chi connectivity index (χ1n) is 7.97. The zero-order valence-corrected chi connectivity index (χ0v) is 15.0. The number of carbonyl (C=O) groups excluding carboxylic acids is 1. The minimum atomic E-state index is -0.306. The van der Waals surface area contributed by atoms with E-state index >= 15 is 0 Å². The van der Waals surface area contributed by atoms with Crippen molar-refractivity contribution >= 4 is 22.4 Å². The molecule has 0 aliphatic heterocycles. The van der Waals surface area contributed by atoms with Crippen LogP contribution in [0.25, 0.3) is 22.7 Å². The van der Waals surface area contributed by atoms with Gasteiger partial charge >= 0.3 is 0 Å². The van der Waals surface area contributed by atoms with Gasteiger partial charge < -0.3 is 8.94 Å². The van der Waals surface area contributed by atoms with Crippen LogP contribution in [0, 0.1) is 13.8 Å². The molecule has 3 aromatic heterocycles. The lowest BCUT2D eigenvalue weighted by Crippen LogP contribution is -2.13. The molecule has 1 aromatic carbocycles. The summed E-state index contributed by atoms with van der Waals surface area (Å²) in [5.74, 6) is 1.63. The van der Waals surface area contributed by atoms with Gasteiger partial charge in [-0.3, -0.25) is 10.1 Å². The second kappa shape index (κ2) is 6.61. The van der Waals surface area contributed by atoms with Gasteiger partial charge in [0.05, 0.1) is 0 Å². The van der Waals surface area contributed by atoms with Gasteiger partial charge in [0.2, 0.25) is 0 Å². The van der Waals surface area contributed by atoms with E-state index < -0.39 is 0 Å². The van der Waals surface area contributed by atoms with Crippen molar-refractivity contribution in [2.75, 3.05) is 5.32 Å². The fraction of sp³-hybridized carbons (Fsp3) is 0.105. The fourth-order valence-electron chi connectivity index (χ4n) is 2.61. The van der Waals surface area contributed by atoms with Gasteiger partial charge in [-0.1, -0.05) is 35.5 Å². The van der Waals surface area contributed by atoms with Gasteiger partial charge in [-0.15, -0.1) is 11.3 Å². The molecule has 4 aromatic rings. The van der Waals surface area contributed by atoms with E-state index in [1.165, 1.54) is 11.3 Å². The van der Waals surface area contributed by atoms with Crippen LogP contribution in [0.5, 0.6) is 0 Å². The van der Waals surface area contributed by atoms with Gasteiger partial charge in [0, 0.05) is 10.9 Å². The molecule has 0 spiro atoms. The average molecular weight is 365 g/mol. The lowest BCUT2D eigenvalue weighted by atomic mass is 10.1. The minimum absolute atomic E-state index is 0.306. The number of thiazole rings is 1. The summed E-state index contributed by atoms with van der Waals surface area (Å²) < 4.78 is 10.8. The number of hydrogen-bond donors (Lipinski definition) is 1. The molecule has 130 valence electrons. The normalized spacial score (nSPS) is 10.8. The van der Waals surface area contributed by atoms with E-state index in [4.69, 9.17) is 8.94 Å². The summed E-state index contributed by atoms with van der Waals surface area (Å²) in [5, 5.41) is 9.18. The average Bonchev–Trinajstić information content (AvgIpc) is 3.35. The molecule has 7 heteroatoms. The summed E-state index contributed by atoms with van der Waals surface area (Å²) in [6, 6.07) is 13.2. The molecule has 0 atom stereocenters. The molecule has 1 N–H and O–H groups in total. The second-order valence-electron chi connectivity index (χ2n) is 5.73. The number of rotatable bonds is 4. The van der Waals surface area contributed by atoms with Crippen LogP contribution < -0.4 is 5.32 Å². The first kappa shape index (κ1) is 16.3. The molecule has 0 radical (unpaired) electrons. The van der Waals surface area contributed by atoms with Crippen molar-refractivity contribution in [2.24, 2.45) is 0 Å². The van der Waals surface area contributed by atoms with Crippen molar-refractivity contribution in [1.29, 1.82) is 0 Å². The standard InChI is InChI=1S/C19H15N3O3S/c1-11-8-9-15(24-11)14-10-26-19(20-14)21-18(23)16-12(2)25-22-17(16)13-6-4-3-5-7-13/h3-10H,1-2H3,(H,20,21,23). The zero-order chi connectivity index (χ0) is 18.1. The molecule has 0 unspecified atom stereocenters. The lowest BCUT2D eigenvalue weighted by molar-refractivity contribution is 0.102. The maximum absolute atomic E-state index is 12.8. The van der Waals surface area contributed by atoms with Crippen LogP contribution in [0.2, 0.25) is 0 Å². The first-order valence-corrected chi connectivity index (χ1v) is 8.85. The molecule has 0 saturated carbocycles. The summed E-state index contributed by atoms with van der Waals surface area (Å²) in [6.07, 6.45) is 0. The molecule has 26 heavy (non-hydrogen) atoms. The Balaban J connectivity index is 1.60. The Bertz CT molecular complexity index is 1060. The Morgan fingerprint density at radius 3 is 2.65 bits per heavy atom. The van der Waals surface area contributed by atoms with E-state index in [-0.39, 0.29) is 5.91 Å². The van der Waals surface area contributed by atoms with E-state index in [9.17, 15) is 4.79 Å². The van der Waals surface area contributed by atoms with Crippen molar-refractivity contribution in [3.05, 3.63) is 64.9 Å². The largest absolute Gasteiger partial charge is 0.460 e. The predicted molar refractivity (Wildman–Crippen MR) is 99.2 cm³/mol. The monoisotopic (exact) mass is 365 g/mol. The molecule has 1 amide bonds. The van der Waals surface area contributed by atoms with Crippen LogP contribution >= 0.6 is 11.3 Å². The van der Waals surface area contributed by atoms with Crippen LogP contribution in [0.15, 0.2) is 56.8 Å². The van der Waals surface area contributed by atoms with Crippen LogP contribution in [0.4, 0.5) is 5.13 Å². The number of amides is 1. The summed E-state index contributed by atoms with van der Waals surface area (Å²) in [5.41, 5.74) is 2.42. The minimum Gasteiger partial charge on any atom is -0.460 e. The second-order valence-corrected chi connectivity index (χ2v) is 6.59. The van der Waals surface area contributed by atoms with E-state index in [2.05, 4.69) is 15.5 Å². The van der Waals surface area contributed by atoms with Crippen LogP contribution in [-0.4, -0.2) is 16.0 Å². The van der Waals surface area contributed by atoms with Crippen LogP contribution in [0.1, 0.15) is 21.9 Å². The highest BCUT2D eigenvalue weighted by Crippen LogP contribution is 2.29. The van der Waals surface area contributed by atoms with Gasteiger partial charge in [-0.2, -0.15) is 0 Å². The van der Waals surface area contributed by atoms with Crippen LogP contribution in [-0.2, 0) is 0 Å². The smallest absolute Gasteiger partial charge is 0.263 e. The van der Waals surface area contributed by atoms with E-state index in [0.717, 1.165) is 11.3 Å². The Kier molecular flexibility index (Phi) is 4.14. The topological polar surface area (TPSA) is 81.2 Å². The Morgan fingerprint density at radius 2 is 1.92 bits per heavy atom. The van der Waals surface area contributed by atoms with Crippen molar-refractivity contribution in [2.45, 2.75) is 13.8 Å².